The fourth-order valence-electron chi connectivity index (χ4n) is 2.26. The summed E-state index contributed by atoms with van der Waals surface area (Å²) in [6.45, 7) is 0.835. The highest BCUT2D eigenvalue weighted by Gasteiger charge is 2.04. The molecule has 0 aliphatic rings. The van der Waals surface area contributed by atoms with Crippen LogP contribution in [0, 0.1) is 0 Å². The van der Waals surface area contributed by atoms with E-state index >= 15 is 0 Å². The highest BCUT2D eigenvalue weighted by Crippen LogP contribution is 2.12. The molecule has 25 heavy (non-hydrogen) atoms. The summed E-state index contributed by atoms with van der Waals surface area (Å²) in [6, 6.07) is 7.40. The topological polar surface area (TPSA) is 93.5 Å². The number of aromatic nitrogens is 2. The fraction of sp³-hybridized carbons (Fsp3) is 0.389. The summed E-state index contributed by atoms with van der Waals surface area (Å²) in [7, 11) is 1.85. The van der Waals surface area contributed by atoms with E-state index in [4.69, 9.17) is 9.84 Å². The summed E-state index contributed by atoms with van der Waals surface area (Å²) >= 11 is 0. The molecule has 0 saturated carbocycles. The number of nitrogens with zero attached hydrogens (tertiary/aromatic N) is 2. The lowest BCUT2D eigenvalue weighted by Gasteiger charge is -2.08. The van der Waals surface area contributed by atoms with Gasteiger partial charge in [0.25, 0.3) is 0 Å². The number of rotatable bonds is 10. The third kappa shape index (κ3) is 7.07. The Labute approximate surface area is 146 Å². The van der Waals surface area contributed by atoms with E-state index < -0.39 is 5.97 Å². The van der Waals surface area contributed by atoms with Crippen molar-refractivity contribution in [3.05, 3.63) is 47.8 Å². The van der Waals surface area contributed by atoms with Crippen LogP contribution >= 0.6 is 0 Å². The molecule has 0 saturated heterocycles. The van der Waals surface area contributed by atoms with Crippen LogP contribution in [0.25, 0.3) is 0 Å². The first-order valence-corrected chi connectivity index (χ1v) is 8.20. The number of carbonyl (C=O) groups excluding carboxylic acids is 1. The van der Waals surface area contributed by atoms with Crippen molar-refractivity contribution in [2.24, 2.45) is 7.05 Å². The van der Waals surface area contributed by atoms with Gasteiger partial charge in [0.05, 0.1) is 12.8 Å². The van der Waals surface area contributed by atoms with Crippen LogP contribution in [0.4, 0.5) is 0 Å². The zero-order valence-corrected chi connectivity index (χ0v) is 14.3. The monoisotopic (exact) mass is 345 g/mol. The van der Waals surface area contributed by atoms with Gasteiger partial charge in [0.15, 0.2) is 0 Å². The van der Waals surface area contributed by atoms with Gasteiger partial charge in [-0.1, -0.05) is 12.1 Å². The first kappa shape index (κ1) is 18.5. The van der Waals surface area contributed by atoms with Crippen LogP contribution in [-0.2, 0) is 29.6 Å². The Kier molecular flexibility index (Phi) is 7.00. The predicted molar refractivity (Wildman–Crippen MR) is 92.2 cm³/mol. The van der Waals surface area contributed by atoms with Gasteiger partial charge in [-0.3, -0.25) is 14.3 Å². The van der Waals surface area contributed by atoms with Gasteiger partial charge in [-0.15, -0.1) is 0 Å². The molecule has 1 aromatic heterocycles. The molecule has 0 aliphatic carbocycles. The number of ether oxygens (including phenoxy) is 1. The van der Waals surface area contributed by atoms with E-state index in [1.54, 1.807) is 10.9 Å². The normalized spacial score (nSPS) is 10.4. The lowest BCUT2D eigenvalue weighted by atomic mass is 10.2. The van der Waals surface area contributed by atoms with Crippen LogP contribution in [0.1, 0.15) is 30.4 Å². The van der Waals surface area contributed by atoms with Crippen molar-refractivity contribution in [2.45, 2.75) is 32.2 Å². The summed E-state index contributed by atoms with van der Waals surface area (Å²) in [5.41, 5.74) is 2.02. The quantitative estimate of drug-likeness (QED) is 0.642. The summed E-state index contributed by atoms with van der Waals surface area (Å²) in [6.07, 6.45) is 5.34. The molecular formula is C18H23N3O4. The molecule has 7 nitrogen and oxygen atoms in total. The van der Waals surface area contributed by atoms with Gasteiger partial charge in [0.2, 0.25) is 5.91 Å². The first-order chi connectivity index (χ1) is 12.0. The number of carboxylic acid groups (broad SMARTS) is 1. The number of aliphatic carboxylic acids is 1. The highest BCUT2D eigenvalue weighted by molar-refractivity contribution is 5.76. The van der Waals surface area contributed by atoms with Crippen LogP contribution in [-0.4, -0.2) is 33.4 Å². The summed E-state index contributed by atoms with van der Waals surface area (Å²) in [5, 5.41) is 15.5. The highest BCUT2D eigenvalue weighted by atomic mass is 16.5. The van der Waals surface area contributed by atoms with E-state index in [0.29, 0.717) is 38.2 Å². The lowest BCUT2D eigenvalue weighted by Crippen LogP contribution is -2.22. The Morgan fingerprint density at radius 3 is 2.60 bits per heavy atom. The molecule has 1 amide bonds. The first-order valence-electron chi connectivity index (χ1n) is 8.20. The van der Waals surface area contributed by atoms with Crippen molar-refractivity contribution in [1.29, 1.82) is 0 Å². The van der Waals surface area contributed by atoms with Gasteiger partial charge in [-0.25, -0.2) is 0 Å². The minimum absolute atomic E-state index is 0.00199. The zero-order chi connectivity index (χ0) is 18.1. The van der Waals surface area contributed by atoms with E-state index in [1.807, 2.05) is 37.5 Å². The van der Waals surface area contributed by atoms with E-state index in [2.05, 4.69) is 10.4 Å². The Morgan fingerprint density at radius 2 is 1.96 bits per heavy atom. The third-order valence-corrected chi connectivity index (χ3v) is 3.62. The molecule has 7 heteroatoms. The number of nitrogens with one attached hydrogen (secondary N) is 1. The van der Waals surface area contributed by atoms with Crippen molar-refractivity contribution in [2.75, 3.05) is 6.61 Å². The van der Waals surface area contributed by atoms with E-state index in [9.17, 15) is 9.59 Å². The second-order valence-electron chi connectivity index (χ2n) is 5.79. The molecule has 0 fully saturated rings. The number of benzene rings is 1. The molecule has 1 aromatic carbocycles. The Bertz CT molecular complexity index is 695. The maximum atomic E-state index is 11.9. The maximum Gasteiger partial charge on any atom is 0.303 e. The van der Waals surface area contributed by atoms with E-state index in [0.717, 1.165) is 11.1 Å². The van der Waals surface area contributed by atoms with Crippen LogP contribution in [0.15, 0.2) is 36.7 Å². The second kappa shape index (κ2) is 9.46. The average Bonchev–Trinajstić information content (AvgIpc) is 3.01. The zero-order valence-electron chi connectivity index (χ0n) is 14.3. The summed E-state index contributed by atoms with van der Waals surface area (Å²) < 4.78 is 7.19. The molecule has 0 bridgehead atoms. The molecule has 0 atom stereocenters. The summed E-state index contributed by atoms with van der Waals surface area (Å²) in [5.74, 6) is -0.131. The average molecular weight is 345 g/mol. The minimum atomic E-state index is -0.821. The molecule has 0 unspecified atom stereocenters. The number of carbonyl (C=O) groups is 2. The molecule has 0 spiro atoms. The SMILES string of the molecule is Cn1cc(CCC(=O)NCc2ccc(OCCCC(=O)O)cc2)cn1. The molecule has 1 heterocycles. The van der Waals surface area contributed by atoms with Crippen molar-refractivity contribution >= 4 is 11.9 Å². The van der Waals surface area contributed by atoms with E-state index in [1.165, 1.54) is 0 Å². The molecule has 0 aliphatic heterocycles. The number of carboxylic acids is 1. The molecule has 0 radical (unpaired) electrons. The van der Waals surface area contributed by atoms with Gasteiger partial charge in [-0.2, -0.15) is 5.10 Å². The molecule has 2 aromatic rings. The molecule has 2 N–H and O–H groups in total. The number of hydrogen-bond acceptors (Lipinski definition) is 4. The summed E-state index contributed by atoms with van der Waals surface area (Å²) in [4.78, 5) is 22.3. The van der Waals surface area contributed by atoms with Crippen LogP contribution in [0.3, 0.4) is 0 Å². The minimum Gasteiger partial charge on any atom is -0.494 e. The number of amides is 1. The molecular weight excluding hydrogens is 322 g/mol. The fourth-order valence-corrected chi connectivity index (χ4v) is 2.26. The smallest absolute Gasteiger partial charge is 0.303 e. The largest absolute Gasteiger partial charge is 0.494 e. The van der Waals surface area contributed by atoms with Gasteiger partial charge >= 0.3 is 5.97 Å². The van der Waals surface area contributed by atoms with Crippen molar-refractivity contribution < 1.29 is 19.4 Å². The van der Waals surface area contributed by atoms with Crippen LogP contribution in [0.5, 0.6) is 5.75 Å². The van der Waals surface area contributed by atoms with Crippen molar-refractivity contribution in [3.63, 3.8) is 0 Å². The molecule has 134 valence electrons. The van der Waals surface area contributed by atoms with Gasteiger partial charge in [0.1, 0.15) is 5.75 Å². The number of hydrogen-bond donors (Lipinski definition) is 2. The maximum absolute atomic E-state index is 11.9. The van der Waals surface area contributed by atoms with E-state index in [-0.39, 0.29) is 12.3 Å². The Hall–Kier alpha value is -2.83. The second-order valence-corrected chi connectivity index (χ2v) is 5.79. The Balaban J connectivity index is 1.66. The van der Waals surface area contributed by atoms with Crippen molar-refractivity contribution in [1.82, 2.24) is 15.1 Å². The van der Waals surface area contributed by atoms with Gasteiger partial charge in [0, 0.05) is 32.6 Å². The third-order valence-electron chi connectivity index (χ3n) is 3.62. The Morgan fingerprint density at radius 1 is 1.20 bits per heavy atom. The number of aryl methyl sites for hydroxylation is 2. The molecule has 2 rings (SSSR count). The standard InChI is InChI=1S/C18H23N3O4/c1-21-13-15(12-20-21)6-9-17(22)19-11-14-4-7-16(8-5-14)25-10-2-3-18(23)24/h4-5,7-8,12-13H,2-3,6,9-11H2,1H3,(H,19,22)(H,23,24). The lowest BCUT2D eigenvalue weighted by molar-refractivity contribution is -0.137. The van der Waals surface area contributed by atoms with Crippen LogP contribution in [0.2, 0.25) is 0 Å². The van der Waals surface area contributed by atoms with Crippen LogP contribution < -0.4 is 10.1 Å². The van der Waals surface area contributed by atoms with Crippen molar-refractivity contribution in [3.8, 4) is 5.75 Å². The predicted octanol–water partition coefficient (Wildman–Crippen LogP) is 1.91. The van der Waals surface area contributed by atoms with Gasteiger partial charge in [-0.05, 0) is 36.1 Å². The van der Waals surface area contributed by atoms with Gasteiger partial charge < -0.3 is 15.2 Å².